The third kappa shape index (κ3) is 5.52. The normalized spacial score (nSPS) is 20.0. The quantitative estimate of drug-likeness (QED) is 0.598. The predicted molar refractivity (Wildman–Crippen MR) is 118 cm³/mol. The molecule has 0 bridgehead atoms. The average molecular weight is 443 g/mol. The molecule has 2 atom stereocenters. The molecule has 9 heteroatoms. The predicted octanol–water partition coefficient (Wildman–Crippen LogP) is 2.00. The Bertz CT molecular complexity index is 874. The van der Waals surface area contributed by atoms with Crippen LogP contribution in [0.15, 0.2) is 24.3 Å². The Balaban J connectivity index is 1.50. The molecular weight excluding hydrogens is 412 g/mol. The lowest BCUT2D eigenvalue weighted by molar-refractivity contribution is -0.141. The summed E-state index contributed by atoms with van der Waals surface area (Å²) in [7, 11) is 0. The summed E-state index contributed by atoms with van der Waals surface area (Å²) in [6.45, 7) is 3.45. The van der Waals surface area contributed by atoms with Gasteiger partial charge >= 0.3 is 0 Å². The maximum atomic E-state index is 12.7. The lowest BCUT2D eigenvalue weighted by Crippen LogP contribution is -2.40. The van der Waals surface area contributed by atoms with Crippen molar-refractivity contribution in [2.75, 3.05) is 30.3 Å². The second-order valence-electron chi connectivity index (χ2n) is 8.29. The second kappa shape index (κ2) is 10.4. The molecule has 1 aromatic rings. The number of rotatable bonds is 8. The maximum absolute atomic E-state index is 12.7. The monoisotopic (exact) mass is 442 g/mol. The van der Waals surface area contributed by atoms with Crippen molar-refractivity contribution in [3.05, 3.63) is 24.3 Å². The number of nitrogens with zero attached hydrogens (tertiary/aromatic N) is 2. The summed E-state index contributed by atoms with van der Waals surface area (Å²) in [5.41, 5.74) is 1.16. The number of nitrogens with one attached hydrogen (secondary N) is 2. The first-order valence-electron chi connectivity index (χ1n) is 11.1. The molecule has 172 valence electrons. The van der Waals surface area contributed by atoms with Gasteiger partial charge in [0.05, 0.1) is 18.4 Å². The summed E-state index contributed by atoms with van der Waals surface area (Å²) in [6, 6.07) is 6.65. The summed E-state index contributed by atoms with van der Waals surface area (Å²) in [5.74, 6) is -1.58. The molecule has 1 aliphatic heterocycles. The fourth-order valence-electron chi connectivity index (χ4n) is 4.41. The summed E-state index contributed by atoms with van der Waals surface area (Å²) in [5, 5.41) is 5.37. The minimum atomic E-state index is -0.355. The number of carbonyl (C=O) groups is 5. The van der Waals surface area contributed by atoms with Crippen LogP contribution in [-0.4, -0.2) is 59.0 Å². The Kier molecular flexibility index (Phi) is 7.61. The molecule has 5 amide bonds. The molecule has 3 rings (SSSR count). The van der Waals surface area contributed by atoms with E-state index in [1.54, 1.807) is 31.2 Å². The number of fused-ring (bicyclic) bond motifs is 1. The Morgan fingerprint density at radius 3 is 2.00 bits per heavy atom. The molecule has 0 aromatic heterocycles. The van der Waals surface area contributed by atoms with Gasteiger partial charge in [0.2, 0.25) is 29.5 Å². The van der Waals surface area contributed by atoms with E-state index in [2.05, 4.69) is 10.6 Å². The molecule has 32 heavy (non-hydrogen) atoms. The lowest BCUT2D eigenvalue weighted by Gasteiger charge is -2.22. The van der Waals surface area contributed by atoms with Crippen molar-refractivity contribution in [3.63, 3.8) is 0 Å². The zero-order chi connectivity index (χ0) is 23.3. The van der Waals surface area contributed by atoms with Crippen LogP contribution >= 0.6 is 0 Å². The first-order valence-corrected chi connectivity index (χ1v) is 11.1. The molecule has 1 saturated carbocycles. The van der Waals surface area contributed by atoms with Crippen molar-refractivity contribution >= 4 is 40.9 Å². The Labute approximate surface area is 187 Å². The van der Waals surface area contributed by atoms with Crippen LogP contribution in [0.4, 0.5) is 11.4 Å². The van der Waals surface area contributed by atoms with Crippen molar-refractivity contribution in [1.82, 2.24) is 9.80 Å². The van der Waals surface area contributed by atoms with E-state index in [0.717, 1.165) is 25.7 Å². The van der Waals surface area contributed by atoms with Crippen molar-refractivity contribution in [1.29, 1.82) is 0 Å². The molecule has 0 spiro atoms. The standard InChI is InChI=1S/C23H30N4O5/c1-3-26(14-20(29)25-17-10-8-16(9-11-17)24-15(2)28)21(30)12-13-27-22(31)18-6-4-5-7-19(18)23(27)32/h8-11,18-19H,3-7,12-14H2,1-2H3,(H,24,28)(H,25,29)/t18-,19-/m1/s1. The number of imide groups is 1. The van der Waals surface area contributed by atoms with E-state index in [1.165, 1.54) is 16.7 Å². The first kappa shape index (κ1) is 23.4. The van der Waals surface area contributed by atoms with Gasteiger partial charge in [0.15, 0.2) is 0 Å². The molecule has 1 aromatic carbocycles. The van der Waals surface area contributed by atoms with Crippen LogP contribution in [0, 0.1) is 11.8 Å². The molecule has 0 radical (unpaired) electrons. The van der Waals surface area contributed by atoms with Crippen LogP contribution in [0.3, 0.4) is 0 Å². The molecular formula is C23H30N4O5. The van der Waals surface area contributed by atoms with Gasteiger partial charge in [-0.3, -0.25) is 28.9 Å². The number of hydrogen-bond acceptors (Lipinski definition) is 5. The van der Waals surface area contributed by atoms with E-state index >= 15 is 0 Å². The summed E-state index contributed by atoms with van der Waals surface area (Å²) < 4.78 is 0. The van der Waals surface area contributed by atoms with Crippen molar-refractivity contribution in [3.8, 4) is 0 Å². The van der Waals surface area contributed by atoms with Gasteiger partial charge in [-0.25, -0.2) is 0 Å². The van der Waals surface area contributed by atoms with Crippen LogP contribution in [-0.2, 0) is 24.0 Å². The van der Waals surface area contributed by atoms with Gasteiger partial charge in [-0.05, 0) is 44.0 Å². The van der Waals surface area contributed by atoms with Crippen LogP contribution in [0.1, 0.15) is 46.0 Å². The highest BCUT2D eigenvalue weighted by atomic mass is 16.2. The summed E-state index contributed by atoms with van der Waals surface area (Å²) >= 11 is 0. The molecule has 1 saturated heterocycles. The summed E-state index contributed by atoms with van der Waals surface area (Å²) in [4.78, 5) is 63.9. The van der Waals surface area contributed by atoms with Gasteiger partial charge in [-0.2, -0.15) is 0 Å². The topological polar surface area (TPSA) is 116 Å². The van der Waals surface area contributed by atoms with Crippen LogP contribution < -0.4 is 10.6 Å². The average Bonchev–Trinajstić information content (AvgIpc) is 3.01. The molecule has 2 fully saturated rings. The highest BCUT2D eigenvalue weighted by Crippen LogP contribution is 2.38. The van der Waals surface area contributed by atoms with Crippen LogP contribution in [0.2, 0.25) is 0 Å². The van der Waals surface area contributed by atoms with E-state index in [1.807, 2.05) is 0 Å². The third-order valence-corrected chi connectivity index (χ3v) is 6.04. The number of benzene rings is 1. The summed E-state index contributed by atoms with van der Waals surface area (Å²) in [6.07, 6.45) is 3.41. The van der Waals surface area contributed by atoms with E-state index in [9.17, 15) is 24.0 Å². The highest BCUT2D eigenvalue weighted by molar-refractivity contribution is 6.05. The Morgan fingerprint density at radius 2 is 1.50 bits per heavy atom. The zero-order valence-electron chi connectivity index (χ0n) is 18.6. The largest absolute Gasteiger partial charge is 0.334 e. The van der Waals surface area contributed by atoms with Gasteiger partial charge in [0.1, 0.15) is 0 Å². The Hall–Kier alpha value is -3.23. The molecule has 1 aliphatic carbocycles. The van der Waals surface area contributed by atoms with Crippen molar-refractivity contribution in [2.45, 2.75) is 46.0 Å². The minimum absolute atomic E-state index is 0.00343. The highest BCUT2D eigenvalue weighted by Gasteiger charge is 2.47. The molecule has 9 nitrogen and oxygen atoms in total. The van der Waals surface area contributed by atoms with E-state index in [-0.39, 0.29) is 60.9 Å². The van der Waals surface area contributed by atoms with Crippen LogP contribution in [0.5, 0.6) is 0 Å². The SMILES string of the molecule is CCN(CC(=O)Nc1ccc(NC(C)=O)cc1)C(=O)CCN1C(=O)[C@@H]2CCCC[C@H]2C1=O. The van der Waals surface area contributed by atoms with Crippen molar-refractivity contribution < 1.29 is 24.0 Å². The number of carbonyl (C=O) groups excluding carboxylic acids is 5. The number of likely N-dealkylation sites (tertiary alicyclic amines) is 1. The number of hydrogen-bond donors (Lipinski definition) is 2. The minimum Gasteiger partial charge on any atom is -0.334 e. The fraction of sp³-hybridized carbons (Fsp3) is 0.522. The van der Waals surface area contributed by atoms with Gasteiger partial charge < -0.3 is 15.5 Å². The number of amides is 5. The fourth-order valence-corrected chi connectivity index (χ4v) is 4.41. The number of anilines is 2. The van der Waals surface area contributed by atoms with Gasteiger partial charge in [0.25, 0.3) is 0 Å². The van der Waals surface area contributed by atoms with Gasteiger partial charge in [-0.15, -0.1) is 0 Å². The van der Waals surface area contributed by atoms with Gasteiger partial charge in [0, 0.05) is 37.8 Å². The second-order valence-corrected chi connectivity index (χ2v) is 8.29. The Morgan fingerprint density at radius 1 is 0.969 bits per heavy atom. The molecule has 2 aliphatic rings. The van der Waals surface area contributed by atoms with Gasteiger partial charge in [-0.1, -0.05) is 12.8 Å². The van der Waals surface area contributed by atoms with Crippen molar-refractivity contribution in [2.24, 2.45) is 11.8 Å². The molecule has 2 N–H and O–H groups in total. The van der Waals surface area contributed by atoms with E-state index < -0.39 is 0 Å². The molecule has 1 heterocycles. The number of likely N-dealkylation sites (N-methyl/N-ethyl adjacent to an activating group) is 1. The smallest absolute Gasteiger partial charge is 0.243 e. The lowest BCUT2D eigenvalue weighted by atomic mass is 9.81. The van der Waals surface area contributed by atoms with E-state index in [4.69, 9.17) is 0 Å². The molecule has 0 unspecified atom stereocenters. The third-order valence-electron chi connectivity index (χ3n) is 6.04. The van der Waals surface area contributed by atoms with Crippen LogP contribution in [0.25, 0.3) is 0 Å². The first-order chi connectivity index (χ1) is 15.3. The zero-order valence-corrected chi connectivity index (χ0v) is 18.6. The van der Waals surface area contributed by atoms with E-state index in [0.29, 0.717) is 17.9 Å². The maximum Gasteiger partial charge on any atom is 0.243 e.